The summed E-state index contributed by atoms with van der Waals surface area (Å²) in [7, 11) is -3.60. The minimum atomic E-state index is -3.60. The summed E-state index contributed by atoms with van der Waals surface area (Å²) in [5.41, 5.74) is 1.42. The summed E-state index contributed by atoms with van der Waals surface area (Å²) in [6.45, 7) is 0.954. The van der Waals surface area contributed by atoms with Gasteiger partial charge in [-0.25, -0.2) is 18.4 Å². The molecular weight excluding hydrogens is 336 g/mol. The molecule has 1 saturated heterocycles. The standard InChI is InChI=1S/C18H18N4O2S/c23-25(24,17-7-1-4-14-5-2-9-20-18(14)17)22-11-3-6-15(12-22)16-8-10-19-13-21-16/h1-2,4-5,7-10,13,15H,3,6,11-12H2. The van der Waals surface area contributed by atoms with Crippen LogP contribution in [0, 0.1) is 0 Å². The number of hydrogen-bond acceptors (Lipinski definition) is 5. The Hall–Kier alpha value is -2.38. The fourth-order valence-electron chi connectivity index (χ4n) is 3.37. The molecule has 3 heterocycles. The molecule has 1 aliphatic heterocycles. The highest BCUT2D eigenvalue weighted by Crippen LogP contribution is 2.31. The summed E-state index contributed by atoms with van der Waals surface area (Å²) < 4.78 is 28.0. The second kappa shape index (κ2) is 6.50. The maximum absolute atomic E-state index is 13.2. The first-order valence-electron chi connectivity index (χ1n) is 8.26. The molecule has 1 unspecified atom stereocenters. The fourth-order valence-corrected chi connectivity index (χ4v) is 5.06. The van der Waals surface area contributed by atoms with Crippen LogP contribution in [-0.4, -0.2) is 40.8 Å². The number of rotatable bonds is 3. The van der Waals surface area contributed by atoms with E-state index in [1.165, 1.54) is 6.33 Å². The summed E-state index contributed by atoms with van der Waals surface area (Å²) >= 11 is 0. The lowest BCUT2D eigenvalue weighted by atomic mass is 9.96. The Morgan fingerprint density at radius 2 is 1.92 bits per heavy atom. The molecule has 0 saturated carbocycles. The molecular formula is C18H18N4O2S. The molecule has 6 nitrogen and oxygen atoms in total. The van der Waals surface area contributed by atoms with Crippen molar-refractivity contribution in [1.82, 2.24) is 19.3 Å². The SMILES string of the molecule is O=S(=O)(c1cccc2cccnc12)N1CCCC(c2ccncn2)C1. The highest BCUT2D eigenvalue weighted by Gasteiger charge is 2.32. The van der Waals surface area contributed by atoms with Gasteiger partial charge in [-0.15, -0.1) is 0 Å². The van der Waals surface area contributed by atoms with Gasteiger partial charge in [0.25, 0.3) is 0 Å². The van der Waals surface area contributed by atoms with E-state index >= 15 is 0 Å². The topological polar surface area (TPSA) is 76.1 Å². The Bertz CT molecular complexity index is 987. The van der Waals surface area contributed by atoms with Crippen LogP contribution in [0.3, 0.4) is 0 Å². The van der Waals surface area contributed by atoms with Crippen LogP contribution in [0.2, 0.25) is 0 Å². The molecule has 0 spiro atoms. The highest BCUT2D eigenvalue weighted by molar-refractivity contribution is 7.89. The molecule has 0 amide bonds. The van der Waals surface area contributed by atoms with Crippen molar-refractivity contribution in [3.05, 3.63) is 60.8 Å². The molecule has 7 heteroatoms. The van der Waals surface area contributed by atoms with E-state index in [0.29, 0.717) is 18.6 Å². The zero-order chi connectivity index (χ0) is 17.3. The van der Waals surface area contributed by atoms with Crippen LogP contribution in [0.4, 0.5) is 0 Å². The van der Waals surface area contributed by atoms with Crippen LogP contribution in [0.1, 0.15) is 24.5 Å². The first-order valence-corrected chi connectivity index (χ1v) is 9.70. The summed E-state index contributed by atoms with van der Waals surface area (Å²) in [6.07, 6.45) is 6.58. The maximum atomic E-state index is 13.2. The zero-order valence-corrected chi connectivity index (χ0v) is 14.4. The van der Waals surface area contributed by atoms with Crippen molar-refractivity contribution < 1.29 is 8.42 Å². The largest absolute Gasteiger partial charge is 0.255 e. The van der Waals surface area contributed by atoms with Crippen LogP contribution in [-0.2, 0) is 10.0 Å². The maximum Gasteiger partial charge on any atom is 0.245 e. The number of sulfonamides is 1. The Kier molecular flexibility index (Phi) is 4.19. The van der Waals surface area contributed by atoms with Crippen molar-refractivity contribution in [1.29, 1.82) is 0 Å². The van der Waals surface area contributed by atoms with Gasteiger partial charge in [0.05, 0.1) is 5.52 Å². The molecule has 1 aliphatic rings. The third-order valence-electron chi connectivity index (χ3n) is 4.62. The van der Waals surface area contributed by atoms with Crippen molar-refractivity contribution in [3.8, 4) is 0 Å². The van der Waals surface area contributed by atoms with Crippen molar-refractivity contribution >= 4 is 20.9 Å². The van der Waals surface area contributed by atoms with E-state index in [4.69, 9.17) is 0 Å². The minimum absolute atomic E-state index is 0.0921. The van der Waals surface area contributed by atoms with Gasteiger partial charge in [0.2, 0.25) is 10.0 Å². The molecule has 1 atom stereocenters. The van der Waals surface area contributed by atoms with Crippen molar-refractivity contribution in [2.24, 2.45) is 0 Å². The quantitative estimate of drug-likeness (QED) is 0.723. The van der Waals surface area contributed by atoms with E-state index in [2.05, 4.69) is 15.0 Å². The number of para-hydroxylation sites is 1. The lowest BCUT2D eigenvalue weighted by Crippen LogP contribution is -2.39. The first-order chi connectivity index (χ1) is 12.2. The van der Waals surface area contributed by atoms with E-state index < -0.39 is 10.0 Å². The zero-order valence-electron chi connectivity index (χ0n) is 13.6. The van der Waals surface area contributed by atoms with Crippen LogP contribution >= 0.6 is 0 Å². The third-order valence-corrected chi connectivity index (χ3v) is 6.52. The third kappa shape index (κ3) is 3.01. The monoisotopic (exact) mass is 354 g/mol. The van der Waals surface area contributed by atoms with Gasteiger partial charge in [-0.05, 0) is 31.0 Å². The number of nitrogens with zero attached hydrogens (tertiary/aromatic N) is 4. The number of aromatic nitrogens is 3. The molecule has 128 valence electrons. The molecule has 2 aromatic heterocycles. The van der Waals surface area contributed by atoms with Crippen molar-refractivity contribution in [3.63, 3.8) is 0 Å². The summed E-state index contributed by atoms with van der Waals surface area (Å²) in [5, 5.41) is 0.827. The van der Waals surface area contributed by atoms with E-state index in [1.807, 2.05) is 24.3 Å². The van der Waals surface area contributed by atoms with Gasteiger partial charge in [0.1, 0.15) is 11.2 Å². The predicted octanol–water partition coefficient (Wildman–Crippen LogP) is 2.59. The van der Waals surface area contributed by atoms with Gasteiger partial charge < -0.3 is 0 Å². The number of hydrogen-bond donors (Lipinski definition) is 0. The van der Waals surface area contributed by atoms with Gasteiger partial charge in [-0.3, -0.25) is 4.98 Å². The second-order valence-corrected chi connectivity index (χ2v) is 8.07. The van der Waals surface area contributed by atoms with Crippen LogP contribution in [0.5, 0.6) is 0 Å². The number of fused-ring (bicyclic) bond motifs is 1. The van der Waals surface area contributed by atoms with Gasteiger partial charge in [0.15, 0.2) is 0 Å². The van der Waals surface area contributed by atoms with Gasteiger partial charge in [-0.1, -0.05) is 18.2 Å². The number of benzene rings is 1. The molecule has 0 aliphatic carbocycles. The Labute approximate surface area is 146 Å². The smallest absolute Gasteiger partial charge is 0.245 e. The molecule has 1 aromatic carbocycles. The molecule has 0 N–H and O–H groups in total. The summed E-state index contributed by atoms with van der Waals surface area (Å²) in [6, 6.07) is 10.8. The summed E-state index contributed by atoms with van der Waals surface area (Å²) in [4.78, 5) is 12.8. The fraction of sp³-hybridized carbons (Fsp3) is 0.278. The van der Waals surface area contributed by atoms with Gasteiger partial charge >= 0.3 is 0 Å². The Morgan fingerprint density at radius 1 is 1.04 bits per heavy atom. The molecule has 4 rings (SSSR count). The lowest BCUT2D eigenvalue weighted by molar-refractivity contribution is 0.312. The van der Waals surface area contributed by atoms with Crippen LogP contribution in [0.25, 0.3) is 10.9 Å². The number of pyridine rings is 1. The highest BCUT2D eigenvalue weighted by atomic mass is 32.2. The Balaban J connectivity index is 1.70. The van der Waals surface area contributed by atoms with E-state index in [-0.39, 0.29) is 10.8 Å². The minimum Gasteiger partial charge on any atom is -0.255 e. The van der Waals surface area contributed by atoms with E-state index in [0.717, 1.165) is 23.9 Å². The molecule has 0 radical (unpaired) electrons. The van der Waals surface area contributed by atoms with Crippen LogP contribution < -0.4 is 0 Å². The van der Waals surface area contributed by atoms with Crippen molar-refractivity contribution in [2.45, 2.75) is 23.7 Å². The molecule has 1 fully saturated rings. The molecule has 25 heavy (non-hydrogen) atoms. The second-order valence-electron chi connectivity index (χ2n) is 6.17. The van der Waals surface area contributed by atoms with Gasteiger partial charge in [-0.2, -0.15) is 4.31 Å². The Morgan fingerprint density at radius 3 is 2.76 bits per heavy atom. The average molecular weight is 354 g/mol. The van der Waals surface area contributed by atoms with E-state index in [1.54, 1.807) is 28.8 Å². The average Bonchev–Trinajstić information content (AvgIpc) is 2.68. The lowest BCUT2D eigenvalue weighted by Gasteiger charge is -2.31. The summed E-state index contributed by atoms with van der Waals surface area (Å²) in [5.74, 6) is 0.0921. The normalized spacial score (nSPS) is 19.1. The van der Waals surface area contributed by atoms with Crippen molar-refractivity contribution in [2.75, 3.05) is 13.1 Å². The van der Waals surface area contributed by atoms with E-state index in [9.17, 15) is 8.42 Å². The van der Waals surface area contributed by atoms with Crippen LogP contribution in [0.15, 0.2) is 60.0 Å². The molecule has 3 aromatic rings. The first kappa shape index (κ1) is 16.1. The predicted molar refractivity (Wildman–Crippen MR) is 94.5 cm³/mol. The van der Waals surface area contributed by atoms with Gasteiger partial charge in [0, 0.05) is 42.5 Å². The molecule has 0 bridgehead atoms. The number of piperidine rings is 1.